The lowest BCUT2D eigenvalue weighted by Gasteiger charge is -2.36. The van der Waals surface area contributed by atoms with Crippen molar-refractivity contribution in [1.82, 2.24) is 9.21 Å². The van der Waals surface area contributed by atoms with Crippen molar-refractivity contribution in [2.24, 2.45) is 0 Å². The average Bonchev–Trinajstić information content (AvgIpc) is 3.24. The molecule has 2 aromatic rings. The summed E-state index contributed by atoms with van der Waals surface area (Å²) in [6, 6.07) is 10.5. The number of fused-ring (bicyclic) bond motifs is 1. The second kappa shape index (κ2) is 9.15. The van der Waals surface area contributed by atoms with Gasteiger partial charge in [0, 0.05) is 25.1 Å². The molecular weight excluding hydrogens is 492 g/mol. The van der Waals surface area contributed by atoms with Crippen molar-refractivity contribution in [2.75, 3.05) is 26.7 Å². The zero-order chi connectivity index (χ0) is 25.8. The fraction of sp³-hybridized carbons (Fsp3) is 0.464. The van der Waals surface area contributed by atoms with Crippen molar-refractivity contribution in [3.05, 3.63) is 65.2 Å². The van der Waals surface area contributed by atoms with E-state index in [0.29, 0.717) is 12.8 Å². The summed E-state index contributed by atoms with van der Waals surface area (Å²) in [6.07, 6.45) is 7.27. The van der Waals surface area contributed by atoms with Crippen molar-refractivity contribution < 1.29 is 27.8 Å². The number of rotatable bonds is 7. The number of carbonyl (C=O) groups is 1. The molecule has 2 aromatic carbocycles. The van der Waals surface area contributed by atoms with Crippen molar-refractivity contribution in [2.45, 2.75) is 61.2 Å². The van der Waals surface area contributed by atoms with Gasteiger partial charge >= 0.3 is 0 Å². The molecule has 37 heavy (non-hydrogen) atoms. The summed E-state index contributed by atoms with van der Waals surface area (Å²) in [6.45, 7) is 2.78. The predicted octanol–water partition coefficient (Wildman–Crippen LogP) is 3.24. The lowest BCUT2D eigenvalue weighted by Crippen LogP contribution is -2.43. The van der Waals surface area contributed by atoms with Gasteiger partial charge in [0.2, 0.25) is 0 Å². The number of nitrogens with zero attached hydrogens (tertiary/aromatic N) is 2. The van der Waals surface area contributed by atoms with Crippen LogP contribution in [0.15, 0.2) is 53.4 Å². The SMILES string of the molecule is COc1ccc2c3c1O[C@@H]1C[C@@H](O)C=C[C@]31CCN(CCCCCN1C(=O)c3ccccc3S1(=O)=O)C2. The van der Waals surface area contributed by atoms with Gasteiger partial charge in [-0.2, -0.15) is 0 Å². The molecule has 1 N–H and O–H groups in total. The fourth-order valence-corrected chi connectivity index (χ4v) is 8.01. The molecule has 1 amide bonds. The van der Waals surface area contributed by atoms with Gasteiger partial charge in [-0.05, 0) is 56.1 Å². The molecule has 3 aliphatic heterocycles. The molecule has 1 spiro atoms. The Hall–Kier alpha value is -2.88. The van der Waals surface area contributed by atoms with E-state index >= 15 is 0 Å². The molecule has 0 unspecified atom stereocenters. The summed E-state index contributed by atoms with van der Waals surface area (Å²) in [5, 5.41) is 10.3. The average molecular weight is 525 g/mol. The van der Waals surface area contributed by atoms with Crippen LogP contribution in [-0.4, -0.2) is 67.6 Å². The molecule has 196 valence electrons. The molecule has 0 radical (unpaired) electrons. The number of benzene rings is 2. The third kappa shape index (κ3) is 3.86. The number of ether oxygens (including phenoxy) is 2. The highest BCUT2D eigenvalue weighted by Gasteiger charge is 2.52. The highest BCUT2D eigenvalue weighted by molar-refractivity contribution is 7.90. The van der Waals surface area contributed by atoms with Gasteiger partial charge in [-0.15, -0.1) is 0 Å². The molecular formula is C28H32N2O6S. The van der Waals surface area contributed by atoms with Crippen LogP contribution in [0.4, 0.5) is 0 Å². The normalized spacial score (nSPS) is 27.3. The quantitative estimate of drug-likeness (QED) is 0.439. The summed E-state index contributed by atoms with van der Waals surface area (Å²) in [7, 11) is -2.08. The second-order valence-corrected chi connectivity index (χ2v) is 12.2. The van der Waals surface area contributed by atoms with Crippen molar-refractivity contribution in [1.29, 1.82) is 0 Å². The largest absolute Gasteiger partial charge is 0.493 e. The van der Waals surface area contributed by atoms with E-state index in [1.165, 1.54) is 17.2 Å². The predicted molar refractivity (Wildman–Crippen MR) is 137 cm³/mol. The zero-order valence-corrected chi connectivity index (χ0v) is 21.7. The van der Waals surface area contributed by atoms with E-state index in [1.54, 1.807) is 25.3 Å². The maximum Gasteiger partial charge on any atom is 0.269 e. The van der Waals surface area contributed by atoms with E-state index in [4.69, 9.17) is 9.47 Å². The molecule has 8 nitrogen and oxygen atoms in total. The Morgan fingerprint density at radius 3 is 2.76 bits per heavy atom. The van der Waals surface area contributed by atoms with E-state index < -0.39 is 22.0 Å². The minimum Gasteiger partial charge on any atom is -0.493 e. The standard InChI is InChI=1S/C28H32N2O6S/c1-35-22-10-9-19-18-29(16-13-28-12-11-20(31)17-24(28)36-26(22)25(19)28)14-5-2-6-15-30-27(32)21-7-3-4-8-23(21)37(30,33)34/h3-4,7-12,20,24,31H,2,5-6,13-18H2,1H3/t20-,24+,28+/m0/s1. The van der Waals surface area contributed by atoms with Gasteiger partial charge < -0.3 is 14.6 Å². The van der Waals surface area contributed by atoms with E-state index in [1.807, 2.05) is 12.1 Å². The van der Waals surface area contributed by atoms with Gasteiger partial charge in [-0.1, -0.05) is 36.8 Å². The van der Waals surface area contributed by atoms with Crippen LogP contribution in [0.5, 0.6) is 11.5 Å². The third-order valence-corrected chi connectivity index (χ3v) is 10.1. The number of aliphatic hydroxyl groups excluding tert-OH is 1. The molecule has 1 aliphatic carbocycles. The minimum atomic E-state index is -3.74. The van der Waals surface area contributed by atoms with Crippen LogP contribution in [-0.2, 0) is 22.0 Å². The third-order valence-electron chi connectivity index (χ3n) is 8.28. The second-order valence-electron chi connectivity index (χ2n) is 10.4. The van der Waals surface area contributed by atoms with Crippen LogP contribution < -0.4 is 9.47 Å². The lowest BCUT2D eigenvalue weighted by molar-refractivity contribution is 0.0807. The van der Waals surface area contributed by atoms with Gasteiger partial charge in [0.15, 0.2) is 11.5 Å². The van der Waals surface area contributed by atoms with Crippen molar-refractivity contribution in [3.8, 4) is 11.5 Å². The molecule has 0 saturated heterocycles. The first kappa shape index (κ1) is 24.5. The molecule has 0 bridgehead atoms. The van der Waals surface area contributed by atoms with E-state index in [0.717, 1.165) is 54.7 Å². The minimum absolute atomic E-state index is 0.110. The summed E-state index contributed by atoms with van der Waals surface area (Å²) >= 11 is 0. The number of aliphatic hydroxyl groups is 1. The van der Waals surface area contributed by atoms with E-state index in [2.05, 4.69) is 17.0 Å². The van der Waals surface area contributed by atoms with Gasteiger partial charge in [-0.25, -0.2) is 12.7 Å². The first-order valence-corrected chi connectivity index (χ1v) is 14.4. The lowest BCUT2D eigenvalue weighted by atomic mass is 9.69. The zero-order valence-electron chi connectivity index (χ0n) is 20.9. The van der Waals surface area contributed by atoms with Gasteiger partial charge in [-0.3, -0.25) is 9.69 Å². The number of methoxy groups -OCH3 is 1. The number of unbranched alkanes of at least 4 members (excludes halogenated alkanes) is 2. The van der Waals surface area contributed by atoms with E-state index in [9.17, 15) is 18.3 Å². The highest BCUT2D eigenvalue weighted by atomic mass is 32.2. The number of hydrogen-bond acceptors (Lipinski definition) is 7. The maximum absolute atomic E-state index is 12.8. The Balaban J connectivity index is 1.10. The maximum atomic E-state index is 12.8. The Labute approximate surface area is 217 Å². The Morgan fingerprint density at radius 2 is 1.95 bits per heavy atom. The topological polar surface area (TPSA) is 96.4 Å². The molecule has 3 heterocycles. The molecule has 0 fully saturated rings. The number of amides is 1. The van der Waals surface area contributed by atoms with Crippen LogP contribution >= 0.6 is 0 Å². The van der Waals surface area contributed by atoms with E-state index in [-0.39, 0.29) is 28.5 Å². The van der Waals surface area contributed by atoms with Gasteiger partial charge in [0.1, 0.15) is 11.0 Å². The number of hydrogen-bond donors (Lipinski definition) is 1. The number of sulfonamides is 1. The molecule has 9 heteroatoms. The summed E-state index contributed by atoms with van der Waals surface area (Å²) < 4.78 is 38.5. The molecule has 0 saturated carbocycles. The summed E-state index contributed by atoms with van der Waals surface area (Å²) in [5.74, 6) is 1.12. The Bertz CT molecular complexity index is 1370. The summed E-state index contributed by atoms with van der Waals surface area (Å²) in [5.41, 5.74) is 2.43. The van der Waals surface area contributed by atoms with Crippen molar-refractivity contribution >= 4 is 15.9 Å². The highest BCUT2D eigenvalue weighted by Crippen LogP contribution is 2.55. The molecule has 3 atom stereocenters. The van der Waals surface area contributed by atoms with Crippen LogP contribution in [0.1, 0.15) is 53.6 Å². The van der Waals surface area contributed by atoms with Crippen LogP contribution in [0.25, 0.3) is 0 Å². The van der Waals surface area contributed by atoms with Crippen LogP contribution in [0.3, 0.4) is 0 Å². The first-order valence-electron chi connectivity index (χ1n) is 13.0. The Morgan fingerprint density at radius 1 is 1.14 bits per heavy atom. The van der Waals surface area contributed by atoms with Crippen molar-refractivity contribution in [3.63, 3.8) is 0 Å². The monoisotopic (exact) mass is 524 g/mol. The van der Waals surface area contributed by atoms with Gasteiger partial charge in [0.05, 0.1) is 24.2 Å². The summed E-state index contributed by atoms with van der Waals surface area (Å²) in [4.78, 5) is 15.2. The molecule has 6 rings (SSSR count). The van der Waals surface area contributed by atoms with Crippen LogP contribution in [0.2, 0.25) is 0 Å². The fourth-order valence-electron chi connectivity index (χ4n) is 6.41. The van der Waals surface area contributed by atoms with Gasteiger partial charge in [0.25, 0.3) is 15.9 Å². The number of carbonyl (C=O) groups excluding carboxylic acids is 1. The molecule has 0 aromatic heterocycles. The smallest absolute Gasteiger partial charge is 0.269 e. The molecule has 4 aliphatic rings. The first-order chi connectivity index (χ1) is 17.8. The Kier molecular flexibility index (Phi) is 6.05. The van der Waals surface area contributed by atoms with Crippen LogP contribution in [0, 0.1) is 0 Å².